The second kappa shape index (κ2) is 19.3. The van der Waals surface area contributed by atoms with Crippen molar-refractivity contribution in [2.75, 3.05) is 20.1 Å². The van der Waals surface area contributed by atoms with E-state index in [0.29, 0.717) is 17.7 Å². The van der Waals surface area contributed by atoms with Gasteiger partial charge in [0, 0.05) is 25.5 Å². The van der Waals surface area contributed by atoms with Crippen LogP contribution in [0.15, 0.2) is 70.0 Å². The summed E-state index contributed by atoms with van der Waals surface area (Å²) in [5.41, 5.74) is 8.02. The summed E-state index contributed by atoms with van der Waals surface area (Å²) in [6, 6.07) is 12.9. The molecule has 1 aromatic heterocycles. The number of sulfonamides is 1. The quantitative estimate of drug-likeness (QED) is 0.0713. The van der Waals surface area contributed by atoms with Crippen LogP contribution in [0, 0.1) is 11.8 Å². The normalized spacial score (nSPS) is 16.8. The van der Waals surface area contributed by atoms with Crippen LogP contribution in [-0.2, 0) is 27.8 Å². The van der Waals surface area contributed by atoms with E-state index in [1.54, 1.807) is 19.2 Å². The van der Waals surface area contributed by atoms with Crippen LogP contribution in [0.3, 0.4) is 0 Å². The topological polar surface area (TPSA) is 191 Å². The summed E-state index contributed by atoms with van der Waals surface area (Å²) >= 11 is 1.43. The summed E-state index contributed by atoms with van der Waals surface area (Å²) < 4.78 is 29.5. The highest BCUT2D eigenvalue weighted by Crippen LogP contribution is 2.28. The molecule has 4 rings (SSSR count). The molecular weight excluding hydrogens is 703 g/mol. The molecule has 1 aliphatic carbocycles. The van der Waals surface area contributed by atoms with Crippen molar-refractivity contribution >= 4 is 39.5 Å². The Morgan fingerprint density at radius 1 is 1.10 bits per heavy atom. The minimum atomic E-state index is -4.06. The van der Waals surface area contributed by atoms with Gasteiger partial charge in [0.05, 0.1) is 41.5 Å². The summed E-state index contributed by atoms with van der Waals surface area (Å²) in [7, 11) is -2.43. The Morgan fingerprint density at radius 3 is 2.37 bits per heavy atom. The van der Waals surface area contributed by atoms with E-state index in [1.807, 2.05) is 56.5 Å². The molecule has 15 heteroatoms. The number of amides is 3. The molecule has 0 saturated heterocycles. The summed E-state index contributed by atoms with van der Waals surface area (Å²) in [6.07, 6.45) is 4.54. The van der Waals surface area contributed by atoms with Crippen LogP contribution >= 0.6 is 11.3 Å². The fraction of sp³-hybridized carbons (Fsp3) is 0.514. The number of nitrogens with two attached hydrogens (primary N) is 1. The number of carbonyl (C=O) groups excluding carboxylic acids is 2. The van der Waals surface area contributed by atoms with E-state index in [2.05, 4.69) is 20.8 Å². The molecule has 1 fully saturated rings. The lowest BCUT2D eigenvalue weighted by atomic mass is 9.96. The lowest BCUT2D eigenvalue weighted by Gasteiger charge is -2.33. The summed E-state index contributed by atoms with van der Waals surface area (Å²) in [4.78, 5) is 33.5. The molecule has 52 heavy (non-hydrogen) atoms. The highest BCUT2D eigenvalue weighted by Gasteiger charge is 2.35. The standard InChI is InChI=1S/C37H53N7O6S2/c1-5-25(2)34(42-37(47)43(4)22-30-24-51-36(40-30)26(3)38)35(46)41-32(19-27-11-7-6-8-12-27)33(45)23-44(21-29-13-9-10-14-29)52(49,50)31-17-15-28(16-18-31)20-39-48/h6-8,11-12,15-18,20,24-26,29,32-34,45,48H,5,9-10,13-14,19,21-23,38H2,1-4H3,(H,41,46)(H,42,47)/b39-20+/t25-,26+,32-,33?,34+/m0/s1. The molecule has 284 valence electrons. The number of oxime groups is 1. The van der Waals surface area contributed by atoms with Crippen molar-refractivity contribution in [3.63, 3.8) is 0 Å². The summed E-state index contributed by atoms with van der Waals surface area (Å²) in [5.74, 6) is -0.592. The van der Waals surface area contributed by atoms with E-state index >= 15 is 0 Å². The fourth-order valence-electron chi connectivity index (χ4n) is 6.32. The third-order valence-electron chi connectivity index (χ3n) is 9.62. The van der Waals surface area contributed by atoms with Gasteiger partial charge in [-0.3, -0.25) is 4.79 Å². The van der Waals surface area contributed by atoms with Crippen LogP contribution in [0.2, 0.25) is 0 Å². The first-order chi connectivity index (χ1) is 24.8. The van der Waals surface area contributed by atoms with Gasteiger partial charge in [-0.1, -0.05) is 80.7 Å². The monoisotopic (exact) mass is 755 g/mol. The minimum absolute atomic E-state index is 0.0477. The first kappa shape index (κ1) is 40.9. The van der Waals surface area contributed by atoms with Crippen molar-refractivity contribution in [1.82, 2.24) is 24.8 Å². The van der Waals surface area contributed by atoms with Crippen LogP contribution in [0.25, 0.3) is 0 Å². The SMILES string of the molecule is CC[C@H](C)[C@@H](NC(=O)N(C)Cc1csc([C@@H](C)N)n1)C(=O)N[C@@H](Cc1ccccc1)C(O)CN(CC1CCCC1)S(=O)(=O)c1ccc(/C=N/O)cc1. The van der Waals surface area contributed by atoms with Crippen LogP contribution < -0.4 is 16.4 Å². The second-order valence-electron chi connectivity index (χ2n) is 13.8. The Hall–Kier alpha value is -3.89. The molecule has 1 aliphatic rings. The number of hydrogen-bond donors (Lipinski definition) is 5. The molecule has 6 N–H and O–H groups in total. The zero-order valence-electron chi connectivity index (χ0n) is 30.4. The van der Waals surface area contributed by atoms with Gasteiger partial charge < -0.3 is 31.6 Å². The van der Waals surface area contributed by atoms with Crippen LogP contribution in [0.5, 0.6) is 0 Å². The number of urea groups is 1. The van der Waals surface area contributed by atoms with Gasteiger partial charge in [-0.15, -0.1) is 11.3 Å². The Kier molecular flexibility index (Phi) is 15.1. The van der Waals surface area contributed by atoms with Crippen molar-refractivity contribution in [1.29, 1.82) is 0 Å². The molecule has 0 radical (unpaired) electrons. The fourth-order valence-corrected chi connectivity index (χ4v) is 8.62. The zero-order chi connectivity index (χ0) is 37.8. The van der Waals surface area contributed by atoms with Gasteiger partial charge in [-0.2, -0.15) is 4.31 Å². The van der Waals surface area contributed by atoms with Gasteiger partial charge in [0.2, 0.25) is 15.9 Å². The first-order valence-electron chi connectivity index (χ1n) is 17.8. The maximum absolute atomic E-state index is 14.1. The van der Waals surface area contributed by atoms with E-state index < -0.39 is 40.1 Å². The predicted molar refractivity (Wildman–Crippen MR) is 203 cm³/mol. The molecule has 0 spiro atoms. The number of aliphatic hydroxyl groups is 1. The predicted octanol–water partition coefficient (Wildman–Crippen LogP) is 4.50. The van der Waals surface area contributed by atoms with Gasteiger partial charge in [-0.05, 0) is 61.3 Å². The Bertz CT molecular complexity index is 1710. The number of nitrogens with one attached hydrogen (secondary N) is 2. The highest BCUT2D eigenvalue weighted by molar-refractivity contribution is 7.89. The van der Waals surface area contributed by atoms with Crippen molar-refractivity contribution in [3.8, 4) is 0 Å². The molecule has 3 amide bonds. The number of rotatable bonds is 18. The largest absolute Gasteiger partial charge is 0.411 e. The van der Waals surface area contributed by atoms with Gasteiger partial charge >= 0.3 is 6.03 Å². The minimum Gasteiger partial charge on any atom is -0.411 e. The molecule has 0 bridgehead atoms. The number of aromatic nitrogens is 1. The lowest BCUT2D eigenvalue weighted by molar-refractivity contribution is -0.125. The van der Waals surface area contributed by atoms with E-state index in [1.165, 1.54) is 38.9 Å². The average molecular weight is 756 g/mol. The molecule has 5 atom stereocenters. The van der Waals surface area contributed by atoms with Crippen molar-refractivity contribution in [2.24, 2.45) is 22.7 Å². The van der Waals surface area contributed by atoms with E-state index in [0.717, 1.165) is 36.3 Å². The van der Waals surface area contributed by atoms with Crippen molar-refractivity contribution in [3.05, 3.63) is 81.8 Å². The van der Waals surface area contributed by atoms with Gasteiger partial charge in [-0.25, -0.2) is 18.2 Å². The number of hydrogen-bond acceptors (Lipinski definition) is 10. The maximum Gasteiger partial charge on any atom is 0.318 e. The van der Waals surface area contributed by atoms with Crippen LogP contribution in [0.4, 0.5) is 4.79 Å². The summed E-state index contributed by atoms with van der Waals surface area (Å²) in [5, 5.41) is 32.3. The number of benzene rings is 2. The first-order valence-corrected chi connectivity index (χ1v) is 20.2. The second-order valence-corrected chi connectivity index (χ2v) is 16.6. The third kappa shape index (κ3) is 11.3. The molecule has 1 saturated carbocycles. The van der Waals surface area contributed by atoms with E-state index in [9.17, 15) is 23.1 Å². The van der Waals surface area contributed by atoms with E-state index in [-0.39, 0.29) is 48.8 Å². The molecule has 13 nitrogen and oxygen atoms in total. The van der Waals surface area contributed by atoms with Gasteiger partial charge in [0.25, 0.3) is 0 Å². The highest BCUT2D eigenvalue weighted by atomic mass is 32.2. The Balaban J connectivity index is 1.56. The Labute approximate surface area is 311 Å². The lowest BCUT2D eigenvalue weighted by Crippen LogP contribution is -2.58. The van der Waals surface area contributed by atoms with Crippen LogP contribution in [-0.4, -0.2) is 89.4 Å². The number of nitrogens with zero attached hydrogens (tertiary/aromatic N) is 4. The van der Waals surface area contributed by atoms with Gasteiger partial charge in [0.15, 0.2) is 0 Å². The molecule has 3 aromatic rings. The third-order valence-corrected chi connectivity index (χ3v) is 12.6. The number of thiazole rings is 1. The summed E-state index contributed by atoms with van der Waals surface area (Å²) in [6.45, 7) is 5.84. The smallest absolute Gasteiger partial charge is 0.318 e. The molecular formula is C37H53N7O6S2. The number of aliphatic hydroxyl groups excluding tert-OH is 1. The van der Waals surface area contributed by atoms with Gasteiger partial charge in [0.1, 0.15) is 11.0 Å². The zero-order valence-corrected chi connectivity index (χ0v) is 32.0. The molecule has 1 unspecified atom stereocenters. The van der Waals surface area contributed by atoms with Crippen LogP contribution in [0.1, 0.15) is 80.7 Å². The molecule has 2 aromatic carbocycles. The van der Waals surface area contributed by atoms with E-state index in [4.69, 9.17) is 10.9 Å². The molecule has 1 heterocycles. The maximum atomic E-state index is 14.1. The molecule has 0 aliphatic heterocycles. The van der Waals surface area contributed by atoms with Crippen molar-refractivity contribution in [2.45, 2.75) is 95.0 Å². The average Bonchev–Trinajstić information content (AvgIpc) is 3.83. The van der Waals surface area contributed by atoms with Crippen molar-refractivity contribution < 1.29 is 28.3 Å². The Morgan fingerprint density at radius 2 is 1.77 bits per heavy atom. The number of carbonyl (C=O) groups is 2.